The summed E-state index contributed by atoms with van der Waals surface area (Å²) in [6.07, 6.45) is 0.993. The Morgan fingerprint density at radius 2 is 1.82 bits per heavy atom. The van der Waals surface area contributed by atoms with E-state index in [-0.39, 0.29) is 30.1 Å². The fraction of sp³-hybridized carbons (Fsp3) is 0.440. The molecule has 0 fully saturated rings. The molecule has 0 aliphatic rings. The van der Waals surface area contributed by atoms with Crippen LogP contribution in [0.3, 0.4) is 0 Å². The monoisotopic (exact) mass is 568 g/mol. The molecule has 2 rings (SSSR count). The predicted molar refractivity (Wildman–Crippen MR) is 146 cm³/mol. The van der Waals surface area contributed by atoms with E-state index in [9.17, 15) is 4.79 Å². The Morgan fingerprint density at radius 3 is 2.45 bits per heavy atom. The van der Waals surface area contributed by atoms with Gasteiger partial charge in [0.25, 0.3) is 0 Å². The molecule has 0 aliphatic heterocycles. The number of hydrogen-bond donors (Lipinski definition) is 3. The van der Waals surface area contributed by atoms with Gasteiger partial charge in [0.05, 0.1) is 12.6 Å². The average Bonchev–Trinajstić information content (AvgIpc) is 2.75. The Labute approximate surface area is 214 Å². The molecule has 182 valence electrons. The Bertz CT molecular complexity index is 870. The van der Waals surface area contributed by atoms with E-state index in [1.54, 1.807) is 12.1 Å². The Morgan fingerprint density at radius 1 is 1.09 bits per heavy atom. The standard InChI is InChI=1S/C25H36N4O3.HI/c1-18(2)17-31-14-6-13-27-25(28-16-20-7-5-8-21(15-20)24(26)30)29-22-9-11-23(12-10-22)32-19(3)4;/h5,7-12,15,18-19H,6,13-14,16-17H2,1-4H3,(H2,26,30)(H2,27,28,29);1H. The molecule has 2 aromatic carbocycles. The number of aliphatic imine (C=N–C) groups is 1. The first-order valence-electron chi connectivity index (χ1n) is 11.1. The molecule has 0 atom stereocenters. The van der Waals surface area contributed by atoms with Gasteiger partial charge in [-0.25, -0.2) is 4.99 Å². The fourth-order valence-electron chi connectivity index (χ4n) is 2.86. The Balaban J connectivity index is 0.00000544. The topological polar surface area (TPSA) is 98.0 Å². The molecular formula is C25H37IN4O3. The summed E-state index contributed by atoms with van der Waals surface area (Å²) in [6, 6.07) is 15.0. The highest BCUT2D eigenvalue weighted by molar-refractivity contribution is 14.0. The number of nitrogens with one attached hydrogen (secondary N) is 2. The summed E-state index contributed by atoms with van der Waals surface area (Å²) < 4.78 is 11.4. The Kier molecular flexibility index (Phi) is 13.5. The summed E-state index contributed by atoms with van der Waals surface area (Å²) in [5, 5.41) is 6.67. The quantitative estimate of drug-likeness (QED) is 0.148. The lowest BCUT2D eigenvalue weighted by atomic mass is 10.1. The van der Waals surface area contributed by atoms with Crippen molar-refractivity contribution in [2.24, 2.45) is 16.6 Å². The lowest BCUT2D eigenvalue weighted by Gasteiger charge is -2.14. The third-order valence-electron chi connectivity index (χ3n) is 4.33. The largest absolute Gasteiger partial charge is 0.491 e. The zero-order chi connectivity index (χ0) is 23.3. The first kappa shape index (κ1) is 28.7. The number of primary amides is 1. The molecular weight excluding hydrogens is 531 g/mol. The van der Waals surface area contributed by atoms with Crippen molar-refractivity contribution in [2.45, 2.75) is 46.8 Å². The summed E-state index contributed by atoms with van der Waals surface area (Å²) in [7, 11) is 0. The SMILES string of the molecule is CC(C)COCCCNC(=NCc1cccc(C(N)=O)c1)Nc1ccc(OC(C)C)cc1.I. The van der Waals surface area contributed by atoms with Crippen LogP contribution in [-0.2, 0) is 11.3 Å². The molecule has 4 N–H and O–H groups in total. The van der Waals surface area contributed by atoms with Crippen LogP contribution >= 0.6 is 24.0 Å². The molecule has 0 unspecified atom stereocenters. The number of carbonyl (C=O) groups is 1. The van der Waals surface area contributed by atoms with Crippen LogP contribution in [0.1, 0.15) is 50.0 Å². The van der Waals surface area contributed by atoms with Gasteiger partial charge in [-0.15, -0.1) is 24.0 Å². The number of rotatable bonds is 12. The number of anilines is 1. The highest BCUT2D eigenvalue weighted by Gasteiger charge is 2.05. The van der Waals surface area contributed by atoms with Crippen LogP contribution in [-0.4, -0.2) is 37.7 Å². The predicted octanol–water partition coefficient (Wildman–Crippen LogP) is 4.81. The van der Waals surface area contributed by atoms with Gasteiger partial charge in [-0.1, -0.05) is 26.0 Å². The van der Waals surface area contributed by atoms with Crippen LogP contribution in [0.15, 0.2) is 53.5 Å². The summed E-state index contributed by atoms with van der Waals surface area (Å²) in [4.78, 5) is 16.1. The molecule has 0 heterocycles. The third kappa shape index (κ3) is 11.9. The molecule has 33 heavy (non-hydrogen) atoms. The maximum absolute atomic E-state index is 11.4. The number of halogens is 1. The molecule has 0 radical (unpaired) electrons. The molecule has 2 aromatic rings. The second-order valence-corrected chi connectivity index (χ2v) is 8.29. The molecule has 0 bridgehead atoms. The van der Waals surface area contributed by atoms with Crippen molar-refractivity contribution >= 4 is 41.5 Å². The summed E-state index contributed by atoms with van der Waals surface area (Å²) >= 11 is 0. The minimum Gasteiger partial charge on any atom is -0.491 e. The normalized spacial score (nSPS) is 11.3. The fourth-order valence-corrected chi connectivity index (χ4v) is 2.86. The van der Waals surface area contributed by atoms with Gasteiger partial charge in [0, 0.05) is 31.0 Å². The second-order valence-electron chi connectivity index (χ2n) is 8.29. The molecule has 0 saturated carbocycles. The number of carbonyl (C=O) groups excluding carboxylic acids is 1. The van der Waals surface area contributed by atoms with E-state index in [1.165, 1.54) is 0 Å². The zero-order valence-electron chi connectivity index (χ0n) is 20.0. The van der Waals surface area contributed by atoms with Crippen LogP contribution in [0.5, 0.6) is 5.75 Å². The van der Waals surface area contributed by atoms with E-state index in [0.29, 0.717) is 30.6 Å². The van der Waals surface area contributed by atoms with Crippen LogP contribution in [0.4, 0.5) is 5.69 Å². The molecule has 1 amide bonds. The number of nitrogens with two attached hydrogens (primary N) is 1. The van der Waals surface area contributed by atoms with Gasteiger partial charge >= 0.3 is 0 Å². The minimum absolute atomic E-state index is 0. The van der Waals surface area contributed by atoms with E-state index in [2.05, 4.69) is 29.5 Å². The van der Waals surface area contributed by atoms with Crippen molar-refractivity contribution in [3.8, 4) is 5.75 Å². The van der Waals surface area contributed by atoms with Crippen molar-refractivity contribution < 1.29 is 14.3 Å². The lowest BCUT2D eigenvalue weighted by molar-refractivity contribution is 0.1000. The molecule has 0 spiro atoms. The maximum Gasteiger partial charge on any atom is 0.248 e. The van der Waals surface area contributed by atoms with E-state index in [1.807, 2.05) is 50.2 Å². The molecule has 0 aliphatic carbocycles. The summed E-state index contributed by atoms with van der Waals surface area (Å²) in [5.74, 6) is 1.55. The lowest BCUT2D eigenvalue weighted by Crippen LogP contribution is -2.32. The van der Waals surface area contributed by atoms with Crippen LogP contribution < -0.4 is 21.1 Å². The first-order chi connectivity index (χ1) is 15.3. The number of nitrogens with zero attached hydrogens (tertiary/aromatic N) is 1. The first-order valence-corrected chi connectivity index (χ1v) is 11.1. The summed E-state index contributed by atoms with van der Waals surface area (Å²) in [6.45, 7) is 10.9. The third-order valence-corrected chi connectivity index (χ3v) is 4.33. The van der Waals surface area contributed by atoms with Gasteiger partial charge in [0.2, 0.25) is 5.91 Å². The van der Waals surface area contributed by atoms with Gasteiger partial charge in [0.15, 0.2) is 5.96 Å². The molecule has 0 aromatic heterocycles. The zero-order valence-corrected chi connectivity index (χ0v) is 22.3. The smallest absolute Gasteiger partial charge is 0.248 e. The number of guanidine groups is 1. The van der Waals surface area contributed by atoms with Gasteiger partial charge in [-0.2, -0.15) is 0 Å². The summed E-state index contributed by atoms with van der Waals surface area (Å²) in [5.41, 5.74) is 7.66. The average molecular weight is 569 g/mol. The van der Waals surface area contributed by atoms with Crippen LogP contribution in [0, 0.1) is 5.92 Å². The van der Waals surface area contributed by atoms with E-state index < -0.39 is 5.91 Å². The number of ether oxygens (including phenoxy) is 2. The molecule has 7 nitrogen and oxygen atoms in total. The van der Waals surface area contributed by atoms with Crippen molar-refractivity contribution in [2.75, 3.05) is 25.1 Å². The maximum atomic E-state index is 11.4. The Hall–Kier alpha value is -2.33. The molecule has 8 heteroatoms. The number of hydrogen-bond acceptors (Lipinski definition) is 4. The molecule has 0 saturated heterocycles. The van der Waals surface area contributed by atoms with Gasteiger partial charge in [-0.3, -0.25) is 4.79 Å². The van der Waals surface area contributed by atoms with Gasteiger partial charge in [-0.05, 0) is 68.1 Å². The number of amides is 1. The van der Waals surface area contributed by atoms with E-state index >= 15 is 0 Å². The van der Waals surface area contributed by atoms with E-state index in [0.717, 1.165) is 36.6 Å². The van der Waals surface area contributed by atoms with Gasteiger partial charge < -0.3 is 25.8 Å². The van der Waals surface area contributed by atoms with E-state index in [4.69, 9.17) is 15.2 Å². The number of benzene rings is 2. The van der Waals surface area contributed by atoms with Crippen molar-refractivity contribution in [3.63, 3.8) is 0 Å². The second kappa shape index (κ2) is 15.5. The highest BCUT2D eigenvalue weighted by atomic mass is 127. The highest BCUT2D eigenvalue weighted by Crippen LogP contribution is 2.17. The minimum atomic E-state index is -0.447. The van der Waals surface area contributed by atoms with Crippen LogP contribution in [0.25, 0.3) is 0 Å². The van der Waals surface area contributed by atoms with Crippen molar-refractivity contribution in [3.05, 3.63) is 59.7 Å². The van der Waals surface area contributed by atoms with Crippen LogP contribution in [0.2, 0.25) is 0 Å². The van der Waals surface area contributed by atoms with Crippen molar-refractivity contribution in [1.82, 2.24) is 5.32 Å². The van der Waals surface area contributed by atoms with Gasteiger partial charge in [0.1, 0.15) is 5.75 Å². The van der Waals surface area contributed by atoms with Crippen molar-refractivity contribution in [1.29, 1.82) is 0 Å².